The molecule has 0 fully saturated rings. The highest BCUT2D eigenvalue weighted by Crippen LogP contribution is 2.48. The van der Waals surface area contributed by atoms with Crippen LogP contribution in [-0.2, 0) is 0 Å². The van der Waals surface area contributed by atoms with Gasteiger partial charge in [-0.2, -0.15) is 26.3 Å². The Labute approximate surface area is 88.4 Å². The van der Waals surface area contributed by atoms with Crippen LogP contribution in [0, 0.1) is 0 Å². The van der Waals surface area contributed by atoms with Gasteiger partial charge in [0.2, 0.25) is 0 Å². The van der Waals surface area contributed by atoms with E-state index in [2.05, 4.69) is 0 Å². The van der Waals surface area contributed by atoms with Crippen molar-refractivity contribution in [3.05, 3.63) is 0 Å². The number of alkyl halides is 8. The first-order valence-corrected chi connectivity index (χ1v) is 3.74. The molecule has 0 aromatic rings. The first-order chi connectivity index (χ1) is 7.36. The van der Waals surface area contributed by atoms with E-state index in [1.165, 1.54) is 0 Å². The summed E-state index contributed by atoms with van der Waals surface area (Å²) in [5.74, 6) is -18.3. The van der Waals surface area contributed by atoms with Crippen LogP contribution >= 0.6 is 0 Å². The third-order valence-corrected chi connectivity index (χ3v) is 1.61. The molecule has 102 valence electrons. The summed E-state index contributed by atoms with van der Waals surface area (Å²) in [4.78, 5) is 9.73. The van der Waals surface area contributed by atoms with Gasteiger partial charge in [0.15, 0.2) is 0 Å². The van der Waals surface area contributed by atoms with Gasteiger partial charge in [0, 0.05) is 0 Å². The fourth-order valence-electron chi connectivity index (χ4n) is 0.678. The predicted molar refractivity (Wildman–Crippen MR) is 36.9 cm³/mol. The molecule has 0 saturated heterocycles. The summed E-state index contributed by atoms with van der Waals surface area (Å²) in [6, 6.07) is 0. The molecule has 0 unspecified atom stereocenters. The molecule has 17 heavy (non-hydrogen) atoms. The summed E-state index contributed by atoms with van der Waals surface area (Å²) < 4.78 is 97.4. The van der Waals surface area contributed by atoms with E-state index in [1.807, 2.05) is 0 Å². The van der Waals surface area contributed by atoms with E-state index in [-0.39, 0.29) is 0 Å². The average molecular weight is 275 g/mol. The lowest BCUT2D eigenvalue weighted by Gasteiger charge is -2.31. The van der Waals surface area contributed by atoms with Crippen LogP contribution in [0.1, 0.15) is 0 Å². The molecule has 0 aromatic heterocycles. The monoisotopic (exact) mass is 275 g/mol. The van der Waals surface area contributed by atoms with Crippen LogP contribution in [0.2, 0.25) is 0 Å². The summed E-state index contributed by atoms with van der Waals surface area (Å²) in [5, 5.41) is 8.54. The van der Waals surface area contributed by atoms with E-state index in [0.29, 0.717) is 5.32 Å². The summed E-state index contributed by atoms with van der Waals surface area (Å²) in [6.07, 6.45) is -7.21. The van der Waals surface area contributed by atoms with Gasteiger partial charge < -0.3 is 10.4 Å². The van der Waals surface area contributed by atoms with Crippen LogP contribution < -0.4 is 5.32 Å². The molecule has 0 aliphatic carbocycles. The Hall–Kier alpha value is -1.29. The molecule has 0 bridgehead atoms. The molecule has 2 N–H and O–H groups in total. The molecule has 3 nitrogen and oxygen atoms in total. The van der Waals surface area contributed by atoms with Crippen molar-refractivity contribution in [2.24, 2.45) is 0 Å². The Morgan fingerprint density at radius 1 is 1.12 bits per heavy atom. The third-order valence-electron chi connectivity index (χ3n) is 1.61. The highest BCUT2D eigenvalue weighted by molar-refractivity contribution is 5.64. The topological polar surface area (TPSA) is 49.3 Å². The maximum atomic E-state index is 12.5. The summed E-state index contributed by atoms with van der Waals surface area (Å²) in [7, 11) is 0. The minimum atomic E-state index is -6.39. The fraction of sp³-hybridized carbons (Fsp3) is 0.833. The number of hydrogen-bond acceptors (Lipinski definition) is 1. The van der Waals surface area contributed by atoms with Gasteiger partial charge in [-0.15, -0.1) is 0 Å². The smallest absolute Gasteiger partial charge is 0.404 e. The van der Waals surface area contributed by atoms with Gasteiger partial charge in [0.05, 0.1) is 6.54 Å². The quantitative estimate of drug-likeness (QED) is 0.757. The van der Waals surface area contributed by atoms with Crippen molar-refractivity contribution < 1.29 is 45.0 Å². The van der Waals surface area contributed by atoms with Crippen molar-refractivity contribution in [3.63, 3.8) is 0 Å². The maximum absolute atomic E-state index is 12.5. The summed E-state index contributed by atoms with van der Waals surface area (Å²) in [5.41, 5.74) is 0. The van der Waals surface area contributed by atoms with Crippen molar-refractivity contribution in [3.8, 4) is 0 Å². The molecule has 0 saturated carbocycles. The van der Waals surface area contributed by atoms with Crippen molar-refractivity contribution in [1.29, 1.82) is 0 Å². The van der Waals surface area contributed by atoms with Crippen molar-refractivity contribution in [1.82, 2.24) is 5.32 Å². The van der Waals surface area contributed by atoms with Crippen LogP contribution in [0.4, 0.5) is 39.9 Å². The van der Waals surface area contributed by atoms with Crippen LogP contribution in [0.3, 0.4) is 0 Å². The predicted octanol–water partition coefficient (Wildman–Crippen LogP) is 2.42. The molecule has 0 aliphatic heterocycles. The van der Waals surface area contributed by atoms with E-state index in [0.717, 1.165) is 0 Å². The summed E-state index contributed by atoms with van der Waals surface area (Å²) in [6.45, 7) is -2.42. The molecular formula is C6H5F8NO2. The Morgan fingerprint density at radius 3 is 1.82 bits per heavy atom. The standard InChI is InChI=1S/C6H5F8NO2/c7-2(8)5(11,12)6(13,14)4(9,10)1-15-3(16)17/h2,15H,1H2,(H,16,17). The van der Waals surface area contributed by atoms with Gasteiger partial charge in [-0.25, -0.2) is 13.6 Å². The number of nitrogens with one attached hydrogen (secondary N) is 1. The second-order valence-electron chi connectivity index (χ2n) is 2.86. The third kappa shape index (κ3) is 2.88. The number of rotatable bonds is 5. The highest BCUT2D eigenvalue weighted by Gasteiger charge is 2.75. The minimum absolute atomic E-state index is 0.711. The van der Waals surface area contributed by atoms with Crippen molar-refractivity contribution in [2.45, 2.75) is 24.2 Å². The number of halogens is 8. The van der Waals surface area contributed by atoms with Crippen LogP contribution in [0.15, 0.2) is 0 Å². The number of amides is 1. The van der Waals surface area contributed by atoms with Crippen molar-refractivity contribution in [2.75, 3.05) is 6.54 Å². The van der Waals surface area contributed by atoms with E-state index in [1.54, 1.807) is 0 Å². The molecule has 11 heteroatoms. The van der Waals surface area contributed by atoms with E-state index in [4.69, 9.17) is 5.11 Å². The zero-order chi connectivity index (χ0) is 14.1. The van der Waals surface area contributed by atoms with Gasteiger partial charge in [-0.3, -0.25) is 0 Å². The second kappa shape index (κ2) is 4.53. The Kier molecular flexibility index (Phi) is 4.18. The Bertz CT molecular complexity index is 292. The lowest BCUT2D eigenvalue weighted by molar-refractivity contribution is -0.336. The Balaban J connectivity index is 5.08. The highest BCUT2D eigenvalue weighted by atomic mass is 19.4. The lowest BCUT2D eigenvalue weighted by Crippen LogP contribution is -2.60. The second-order valence-corrected chi connectivity index (χ2v) is 2.86. The van der Waals surface area contributed by atoms with Gasteiger partial charge in [-0.1, -0.05) is 0 Å². The molecule has 0 aliphatic rings. The summed E-state index contributed by atoms with van der Waals surface area (Å²) >= 11 is 0. The fourth-order valence-corrected chi connectivity index (χ4v) is 0.678. The molecule has 0 heterocycles. The molecular weight excluding hydrogens is 270 g/mol. The van der Waals surface area contributed by atoms with Crippen molar-refractivity contribution >= 4 is 6.09 Å². The molecule has 0 rings (SSSR count). The average Bonchev–Trinajstić information content (AvgIpc) is 2.14. The molecule has 0 spiro atoms. The first-order valence-electron chi connectivity index (χ1n) is 3.74. The lowest BCUT2D eigenvalue weighted by atomic mass is 10.1. The zero-order valence-corrected chi connectivity index (χ0v) is 7.66. The van der Waals surface area contributed by atoms with Gasteiger partial charge in [0.25, 0.3) is 0 Å². The maximum Gasteiger partial charge on any atom is 0.404 e. The van der Waals surface area contributed by atoms with Crippen LogP contribution in [0.5, 0.6) is 0 Å². The van der Waals surface area contributed by atoms with Gasteiger partial charge in [0.1, 0.15) is 0 Å². The molecule has 1 amide bonds. The van der Waals surface area contributed by atoms with Gasteiger partial charge in [-0.05, 0) is 0 Å². The molecule has 0 radical (unpaired) electrons. The number of hydrogen-bond donors (Lipinski definition) is 2. The number of carboxylic acid groups (broad SMARTS) is 1. The van der Waals surface area contributed by atoms with E-state index >= 15 is 0 Å². The number of carbonyl (C=O) groups is 1. The van der Waals surface area contributed by atoms with Gasteiger partial charge >= 0.3 is 30.3 Å². The van der Waals surface area contributed by atoms with Crippen LogP contribution in [0.25, 0.3) is 0 Å². The molecule has 0 atom stereocenters. The normalized spacial score (nSPS) is 13.9. The van der Waals surface area contributed by atoms with E-state index in [9.17, 15) is 39.9 Å². The minimum Gasteiger partial charge on any atom is -0.465 e. The SMILES string of the molecule is O=C(O)NCC(F)(F)C(F)(F)C(F)(F)C(F)F. The van der Waals surface area contributed by atoms with E-state index < -0.39 is 36.8 Å². The molecule has 0 aromatic carbocycles. The van der Waals surface area contributed by atoms with Crippen LogP contribution in [-0.4, -0.2) is 41.9 Å². The largest absolute Gasteiger partial charge is 0.465 e. The Morgan fingerprint density at radius 2 is 1.53 bits per heavy atom. The first kappa shape index (κ1) is 15.7. The zero-order valence-electron chi connectivity index (χ0n) is 7.66.